The Bertz CT molecular complexity index is 656. The van der Waals surface area contributed by atoms with E-state index in [0.29, 0.717) is 24.5 Å². The molecule has 2 N–H and O–H groups in total. The average Bonchev–Trinajstić information content (AvgIpc) is 2.58. The molecule has 0 aliphatic heterocycles. The molecule has 0 bridgehead atoms. The van der Waals surface area contributed by atoms with Gasteiger partial charge in [0, 0.05) is 25.4 Å². The van der Waals surface area contributed by atoms with Gasteiger partial charge >= 0.3 is 0 Å². The third-order valence-corrected chi connectivity index (χ3v) is 3.05. The van der Waals surface area contributed by atoms with Crippen LogP contribution in [0, 0.1) is 0 Å². The quantitative estimate of drug-likeness (QED) is 0.771. The molecule has 1 aromatic heterocycles. The number of nitrogens with one attached hydrogen (secondary N) is 2. The number of para-hydroxylation sites is 1. The van der Waals surface area contributed by atoms with Crippen molar-refractivity contribution >= 4 is 11.7 Å². The highest BCUT2D eigenvalue weighted by molar-refractivity contribution is 5.98. The predicted molar refractivity (Wildman–Crippen MR) is 87.1 cm³/mol. The van der Waals surface area contributed by atoms with Crippen LogP contribution in [0.4, 0.5) is 5.82 Å². The number of ether oxygens (including phenoxy) is 1. The van der Waals surface area contributed by atoms with E-state index in [1.54, 1.807) is 31.5 Å². The number of aromatic nitrogens is 1. The number of anilines is 1. The third-order valence-electron chi connectivity index (χ3n) is 3.05. The number of amides is 1. The molecule has 0 atom stereocenters. The van der Waals surface area contributed by atoms with E-state index >= 15 is 0 Å². The Kier molecular flexibility index (Phi) is 5.54. The molecule has 0 fully saturated rings. The second-order valence-electron chi connectivity index (χ2n) is 4.54. The van der Waals surface area contributed by atoms with Crippen LogP contribution in [0.25, 0.3) is 0 Å². The van der Waals surface area contributed by atoms with Gasteiger partial charge in [0.1, 0.15) is 18.2 Å². The lowest BCUT2D eigenvalue weighted by Gasteiger charge is -2.13. The SMILES string of the molecule is C=CCOc1ccccc1CNc1ncccc1C(=O)NC. The molecule has 0 saturated heterocycles. The van der Waals surface area contributed by atoms with Gasteiger partial charge in [-0.05, 0) is 18.2 Å². The first-order chi connectivity index (χ1) is 10.8. The fraction of sp³-hybridized carbons (Fsp3) is 0.176. The van der Waals surface area contributed by atoms with Gasteiger partial charge in [0.15, 0.2) is 0 Å². The Hall–Kier alpha value is -2.82. The maximum atomic E-state index is 11.8. The lowest BCUT2D eigenvalue weighted by Crippen LogP contribution is -2.20. The van der Waals surface area contributed by atoms with Crippen LogP contribution in [-0.2, 0) is 6.54 Å². The summed E-state index contributed by atoms with van der Waals surface area (Å²) in [6.07, 6.45) is 3.35. The van der Waals surface area contributed by atoms with Gasteiger partial charge in [-0.2, -0.15) is 0 Å². The molecule has 2 rings (SSSR count). The van der Waals surface area contributed by atoms with Gasteiger partial charge in [0.05, 0.1) is 5.56 Å². The molecule has 22 heavy (non-hydrogen) atoms. The second-order valence-corrected chi connectivity index (χ2v) is 4.54. The van der Waals surface area contributed by atoms with Crippen molar-refractivity contribution in [2.24, 2.45) is 0 Å². The smallest absolute Gasteiger partial charge is 0.254 e. The molecule has 1 aromatic carbocycles. The molecular weight excluding hydrogens is 278 g/mol. The maximum Gasteiger partial charge on any atom is 0.254 e. The number of rotatable bonds is 7. The first-order valence-corrected chi connectivity index (χ1v) is 6.99. The lowest BCUT2D eigenvalue weighted by atomic mass is 10.2. The fourth-order valence-corrected chi connectivity index (χ4v) is 1.98. The molecule has 0 spiro atoms. The second kappa shape index (κ2) is 7.83. The summed E-state index contributed by atoms with van der Waals surface area (Å²) in [5.74, 6) is 1.15. The lowest BCUT2D eigenvalue weighted by molar-refractivity contribution is 0.0963. The van der Waals surface area contributed by atoms with E-state index in [-0.39, 0.29) is 5.91 Å². The molecule has 0 aliphatic rings. The highest BCUT2D eigenvalue weighted by atomic mass is 16.5. The number of carbonyl (C=O) groups is 1. The van der Waals surface area contributed by atoms with Crippen molar-refractivity contribution in [1.82, 2.24) is 10.3 Å². The monoisotopic (exact) mass is 297 g/mol. The minimum absolute atomic E-state index is 0.174. The topological polar surface area (TPSA) is 63.2 Å². The number of hydrogen-bond acceptors (Lipinski definition) is 4. The van der Waals surface area contributed by atoms with E-state index in [9.17, 15) is 4.79 Å². The van der Waals surface area contributed by atoms with Gasteiger partial charge in [0.25, 0.3) is 5.91 Å². The standard InChI is InChI=1S/C17H19N3O2/c1-3-11-22-15-9-5-4-7-13(15)12-20-16-14(17(21)18-2)8-6-10-19-16/h3-10H,1,11-12H2,2H3,(H,18,21)(H,19,20). The highest BCUT2D eigenvalue weighted by Gasteiger charge is 2.11. The first kappa shape index (κ1) is 15.6. The molecular formula is C17H19N3O2. The summed E-state index contributed by atoms with van der Waals surface area (Å²) in [6.45, 7) is 4.60. The van der Waals surface area contributed by atoms with Crippen molar-refractivity contribution in [2.75, 3.05) is 19.0 Å². The molecule has 0 aliphatic carbocycles. The average molecular weight is 297 g/mol. The summed E-state index contributed by atoms with van der Waals surface area (Å²) in [5, 5.41) is 5.79. The van der Waals surface area contributed by atoms with Crippen LogP contribution in [0.2, 0.25) is 0 Å². The van der Waals surface area contributed by atoms with Crippen LogP contribution in [0.15, 0.2) is 55.3 Å². The Morgan fingerprint density at radius 2 is 2.14 bits per heavy atom. The summed E-state index contributed by atoms with van der Waals surface area (Å²) >= 11 is 0. The third kappa shape index (κ3) is 3.85. The zero-order valence-electron chi connectivity index (χ0n) is 12.5. The first-order valence-electron chi connectivity index (χ1n) is 6.99. The molecule has 1 amide bonds. The Balaban J connectivity index is 2.14. The summed E-state index contributed by atoms with van der Waals surface area (Å²) in [5.41, 5.74) is 1.49. The Labute approximate surface area is 130 Å². The van der Waals surface area contributed by atoms with Crippen molar-refractivity contribution in [3.8, 4) is 5.75 Å². The number of carbonyl (C=O) groups excluding carboxylic acids is 1. The van der Waals surface area contributed by atoms with E-state index in [1.165, 1.54) is 0 Å². The highest BCUT2D eigenvalue weighted by Crippen LogP contribution is 2.20. The zero-order chi connectivity index (χ0) is 15.8. The van der Waals surface area contributed by atoms with E-state index in [4.69, 9.17) is 4.74 Å². The Morgan fingerprint density at radius 3 is 2.91 bits per heavy atom. The normalized spacial score (nSPS) is 9.86. The van der Waals surface area contributed by atoms with Crippen molar-refractivity contribution in [2.45, 2.75) is 6.54 Å². The molecule has 5 nitrogen and oxygen atoms in total. The van der Waals surface area contributed by atoms with E-state index in [1.807, 2.05) is 24.3 Å². The molecule has 0 radical (unpaired) electrons. The molecule has 5 heteroatoms. The summed E-state index contributed by atoms with van der Waals surface area (Å²) < 4.78 is 5.62. The van der Waals surface area contributed by atoms with E-state index in [2.05, 4.69) is 22.2 Å². The largest absolute Gasteiger partial charge is 0.489 e. The molecule has 0 unspecified atom stereocenters. The summed E-state index contributed by atoms with van der Waals surface area (Å²) in [6, 6.07) is 11.2. The van der Waals surface area contributed by atoms with Crippen LogP contribution < -0.4 is 15.4 Å². The van der Waals surface area contributed by atoms with Crippen LogP contribution in [0.5, 0.6) is 5.75 Å². The van der Waals surface area contributed by atoms with Crippen LogP contribution >= 0.6 is 0 Å². The van der Waals surface area contributed by atoms with Crippen molar-refractivity contribution in [1.29, 1.82) is 0 Å². The van der Waals surface area contributed by atoms with Crippen molar-refractivity contribution in [3.05, 3.63) is 66.4 Å². The number of benzene rings is 1. The number of pyridine rings is 1. The molecule has 114 valence electrons. The number of hydrogen-bond donors (Lipinski definition) is 2. The Morgan fingerprint density at radius 1 is 1.32 bits per heavy atom. The zero-order valence-corrected chi connectivity index (χ0v) is 12.5. The van der Waals surface area contributed by atoms with Gasteiger partial charge in [-0.1, -0.05) is 30.9 Å². The van der Waals surface area contributed by atoms with Crippen LogP contribution in [-0.4, -0.2) is 24.5 Å². The van der Waals surface area contributed by atoms with Crippen LogP contribution in [0.3, 0.4) is 0 Å². The summed E-state index contributed by atoms with van der Waals surface area (Å²) in [7, 11) is 1.59. The van der Waals surface area contributed by atoms with E-state index < -0.39 is 0 Å². The van der Waals surface area contributed by atoms with Gasteiger partial charge in [-0.15, -0.1) is 0 Å². The van der Waals surface area contributed by atoms with E-state index in [0.717, 1.165) is 11.3 Å². The molecule has 1 heterocycles. The fourth-order valence-electron chi connectivity index (χ4n) is 1.98. The molecule has 0 saturated carbocycles. The minimum atomic E-state index is -0.174. The minimum Gasteiger partial charge on any atom is -0.489 e. The number of nitrogens with zero attached hydrogens (tertiary/aromatic N) is 1. The van der Waals surface area contributed by atoms with Gasteiger partial charge in [-0.3, -0.25) is 4.79 Å². The van der Waals surface area contributed by atoms with Crippen LogP contribution in [0.1, 0.15) is 15.9 Å². The van der Waals surface area contributed by atoms with Crippen molar-refractivity contribution in [3.63, 3.8) is 0 Å². The van der Waals surface area contributed by atoms with Crippen molar-refractivity contribution < 1.29 is 9.53 Å². The van der Waals surface area contributed by atoms with Gasteiger partial charge < -0.3 is 15.4 Å². The summed E-state index contributed by atoms with van der Waals surface area (Å²) in [4.78, 5) is 16.1. The maximum absolute atomic E-state index is 11.8. The van der Waals surface area contributed by atoms with Gasteiger partial charge in [0.2, 0.25) is 0 Å². The molecule has 2 aromatic rings. The van der Waals surface area contributed by atoms with Gasteiger partial charge in [-0.25, -0.2) is 4.98 Å². The predicted octanol–water partition coefficient (Wildman–Crippen LogP) is 2.62.